The van der Waals surface area contributed by atoms with Gasteiger partial charge in [-0.15, -0.1) is 0 Å². The van der Waals surface area contributed by atoms with Gasteiger partial charge in [0.25, 0.3) is 0 Å². The third-order valence-electron chi connectivity index (χ3n) is 4.79. The summed E-state index contributed by atoms with van der Waals surface area (Å²) in [5, 5.41) is 4.75. The molecule has 0 radical (unpaired) electrons. The van der Waals surface area contributed by atoms with Crippen LogP contribution in [0.4, 0.5) is 0 Å². The number of hydrogen-bond donors (Lipinski definition) is 1. The molecule has 1 saturated carbocycles. The number of fused-ring (bicyclic) bond motifs is 2. The van der Waals surface area contributed by atoms with Gasteiger partial charge in [-0.05, 0) is 30.4 Å². The van der Waals surface area contributed by atoms with Gasteiger partial charge in [0.15, 0.2) is 5.17 Å². The Hall–Kier alpha value is -1.00. The Kier molecular flexibility index (Phi) is 3.91. The van der Waals surface area contributed by atoms with Crippen molar-refractivity contribution in [3.8, 4) is 0 Å². The van der Waals surface area contributed by atoms with Gasteiger partial charge in [0.2, 0.25) is 0 Å². The second-order valence-corrected chi connectivity index (χ2v) is 7.16. The summed E-state index contributed by atoms with van der Waals surface area (Å²) in [7, 11) is 0. The third kappa shape index (κ3) is 2.84. The Morgan fingerprint density at radius 2 is 2.14 bits per heavy atom. The minimum atomic E-state index is 0.215. The molecule has 2 aliphatic heterocycles. The number of hydrogen-bond acceptors (Lipinski definition) is 4. The van der Waals surface area contributed by atoms with Gasteiger partial charge in [-0.25, -0.2) is 0 Å². The van der Waals surface area contributed by atoms with E-state index in [1.165, 1.54) is 36.8 Å². The maximum absolute atomic E-state index is 5.98. The molecule has 21 heavy (non-hydrogen) atoms. The Labute approximate surface area is 130 Å². The standard InChI is InChI=1S/C17H22N2OS/c1-2-6-13-12(5-1)9-10-20-16(13)11-21-17-18-14-7-3-4-8-15(14)19-17/h1-2,5-6,14-16H,3-4,7-11H2,(H,18,19)/t14-,15-,16+/m0/s1. The second-order valence-electron chi connectivity index (χ2n) is 6.16. The smallest absolute Gasteiger partial charge is 0.157 e. The lowest BCUT2D eigenvalue weighted by Crippen LogP contribution is -2.36. The molecule has 4 rings (SSSR count). The van der Waals surface area contributed by atoms with E-state index < -0.39 is 0 Å². The summed E-state index contributed by atoms with van der Waals surface area (Å²) in [6.07, 6.45) is 6.48. The fourth-order valence-electron chi connectivity index (χ4n) is 3.63. The van der Waals surface area contributed by atoms with Crippen LogP contribution in [0.1, 0.15) is 42.9 Å². The number of ether oxygens (including phenoxy) is 1. The van der Waals surface area contributed by atoms with Gasteiger partial charge in [0.05, 0.1) is 24.8 Å². The largest absolute Gasteiger partial charge is 0.372 e. The van der Waals surface area contributed by atoms with Crippen molar-refractivity contribution in [2.24, 2.45) is 4.99 Å². The molecule has 0 bridgehead atoms. The van der Waals surface area contributed by atoms with Gasteiger partial charge in [-0.2, -0.15) is 0 Å². The second kappa shape index (κ2) is 6.01. The molecule has 2 heterocycles. The zero-order valence-electron chi connectivity index (χ0n) is 12.3. The van der Waals surface area contributed by atoms with Crippen LogP contribution in [0.2, 0.25) is 0 Å². The topological polar surface area (TPSA) is 33.6 Å². The van der Waals surface area contributed by atoms with E-state index in [9.17, 15) is 0 Å². The first-order valence-corrected chi connectivity index (χ1v) is 9.05. The third-order valence-corrected chi connectivity index (χ3v) is 5.75. The molecule has 4 heteroatoms. The summed E-state index contributed by atoms with van der Waals surface area (Å²) in [4.78, 5) is 4.86. The number of amidine groups is 1. The van der Waals surface area contributed by atoms with Gasteiger partial charge in [0, 0.05) is 5.75 Å². The van der Waals surface area contributed by atoms with Crippen LogP contribution in [0, 0.1) is 0 Å². The van der Waals surface area contributed by atoms with Crippen molar-refractivity contribution in [1.82, 2.24) is 5.32 Å². The van der Waals surface area contributed by atoms with E-state index in [1.54, 1.807) is 0 Å². The maximum Gasteiger partial charge on any atom is 0.157 e. The highest BCUT2D eigenvalue weighted by molar-refractivity contribution is 8.13. The molecule has 0 amide bonds. The molecule has 3 nitrogen and oxygen atoms in total. The summed E-state index contributed by atoms with van der Waals surface area (Å²) < 4.78 is 5.98. The van der Waals surface area contributed by atoms with Crippen LogP contribution in [-0.2, 0) is 11.2 Å². The van der Waals surface area contributed by atoms with Gasteiger partial charge in [0.1, 0.15) is 0 Å². The normalized spacial score (nSPS) is 31.0. The first-order valence-electron chi connectivity index (χ1n) is 8.07. The van der Waals surface area contributed by atoms with Crippen molar-refractivity contribution in [1.29, 1.82) is 0 Å². The molecule has 1 fully saturated rings. The minimum absolute atomic E-state index is 0.215. The van der Waals surface area contributed by atoms with Crippen LogP contribution in [0.5, 0.6) is 0 Å². The van der Waals surface area contributed by atoms with Crippen molar-refractivity contribution in [3.05, 3.63) is 35.4 Å². The average Bonchev–Trinajstić information content (AvgIpc) is 2.96. The van der Waals surface area contributed by atoms with Crippen LogP contribution < -0.4 is 5.32 Å². The number of rotatable bonds is 2. The first-order chi connectivity index (χ1) is 10.4. The molecule has 3 atom stereocenters. The van der Waals surface area contributed by atoms with Crippen molar-refractivity contribution in [2.75, 3.05) is 12.4 Å². The summed E-state index contributed by atoms with van der Waals surface area (Å²) in [5.41, 5.74) is 2.82. The van der Waals surface area contributed by atoms with Crippen LogP contribution in [-0.4, -0.2) is 29.6 Å². The van der Waals surface area contributed by atoms with E-state index in [0.29, 0.717) is 12.1 Å². The van der Waals surface area contributed by atoms with E-state index in [1.807, 2.05) is 11.8 Å². The number of benzene rings is 1. The Balaban J connectivity index is 1.40. The van der Waals surface area contributed by atoms with E-state index in [4.69, 9.17) is 9.73 Å². The van der Waals surface area contributed by atoms with Gasteiger partial charge >= 0.3 is 0 Å². The summed E-state index contributed by atoms with van der Waals surface area (Å²) in [6.45, 7) is 0.841. The molecule has 0 saturated heterocycles. The molecule has 0 spiro atoms. The molecular weight excluding hydrogens is 280 g/mol. The predicted molar refractivity (Wildman–Crippen MR) is 87.9 cm³/mol. The maximum atomic E-state index is 5.98. The predicted octanol–water partition coefficient (Wildman–Crippen LogP) is 3.30. The van der Waals surface area contributed by atoms with Gasteiger partial charge in [-0.3, -0.25) is 4.99 Å². The fourth-order valence-corrected chi connectivity index (χ4v) is 4.66. The SMILES string of the molecule is c1ccc2c(c1)CCO[C@@H]2CSC1=N[C@H]2CCCC[C@@H]2N1. The van der Waals surface area contributed by atoms with E-state index in [2.05, 4.69) is 29.6 Å². The Bertz CT molecular complexity index is 545. The molecule has 1 aromatic carbocycles. The van der Waals surface area contributed by atoms with Crippen molar-refractivity contribution in [3.63, 3.8) is 0 Å². The minimum Gasteiger partial charge on any atom is -0.372 e. The van der Waals surface area contributed by atoms with Gasteiger partial charge < -0.3 is 10.1 Å². The monoisotopic (exact) mass is 302 g/mol. The molecule has 1 aromatic rings. The summed E-state index contributed by atoms with van der Waals surface area (Å²) >= 11 is 1.83. The van der Waals surface area contributed by atoms with Crippen molar-refractivity contribution < 1.29 is 4.74 Å². The molecule has 1 N–H and O–H groups in total. The quantitative estimate of drug-likeness (QED) is 0.910. The molecule has 3 aliphatic rings. The average molecular weight is 302 g/mol. The summed E-state index contributed by atoms with van der Waals surface area (Å²) in [6, 6.07) is 9.81. The molecule has 0 aromatic heterocycles. The Morgan fingerprint density at radius 1 is 1.24 bits per heavy atom. The fraction of sp³-hybridized carbons (Fsp3) is 0.588. The highest BCUT2D eigenvalue weighted by Crippen LogP contribution is 2.32. The van der Waals surface area contributed by atoms with E-state index in [-0.39, 0.29) is 6.10 Å². The van der Waals surface area contributed by atoms with Crippen LogP contribution in [0.15, 0.2) is 29.3 Å². The van der Waals surface area contributed by atoms with E-state index in [0.717, 1.165) is 23.9 Å². The summed E-state index contributed by atoms with van der Waals surface area (Å²) in [5.74, 6) is 0.961. The van der Waals surface area contributed by atoms with Crippen molar-refractivity contribution in [2.45, 2.75) is 50.3 Å². The van der Waals surface area contributed by atoms with Crippen LogP contribution in [0.3, 0.4) is 0 Å². The molecule has 1 aliphatic carbocycles. The lowest BCUT2D eigenvalue weighted by molar-refractivity contribution is 0.0589. The molecule has 0 unspecified atom stereocenters. The highest BCUT2D eigenvalue weighted by Gasteiger charge is 2.31. The number of aliphatic imine (C=N–C) groups is 1. The number of thioether (sulfide) groups is 1. The number of nitrogens with one attached hydrogen (secondary N) is 1. The molecular formula is C17H22N2OS. The van der Waals surface area contributed by atoms with Crippen LogP contribution >= 0.6 is 11.8 Å². The highest BCUT2D eigenvalue weighted by atomic mass is 32.2. The first kappa shape index (κ1) is 13.6. The Morgan fingerprint density at radius 3 is 3.10 bits per heavy atom. The zero-order chi connectivity index (χ0) is 14.1. The van der Waals surface area contributed by atoms with Gasteiger partial charge in [-0.1, -0.05) is 48.9 Å². The van der Waals surface area contributed by atoms with Crippen LogP contribution in [0.25, 0.3) is 0 Å². The van der Waals surface area contributed by atoms with E-state index >= 15 is 0 Å². The lowest BCUT2D eigenvalue weighted by Gasteiger charge is -2.26. The van der Waals surface area contributed by atoms with Crippen molar-refractivity contribution >= 4 is 16.9 Å². The zero-order valence-corrected chi connectivity index (χ0v) is 13.1. The number of nitrogens with zero attached hydrogens (tertiary/aromatic N) is 1. The molecule has 112 valence electrons. The lowest BCUT2D eigenvalue weighted by atomic mass is 9.92.